The van der Waals surface area contributed by atoms with E-state index in [1.165, 1.54) is 0 Å². The van der Waals surface area contributed by atoms with Gasteiger partial charge in [-0.05, 0) is 30.7 Å². The maximum absolute atomic E-state index is 5.21. The molecule has 0 fully saturated rings. The van der Waals surface area contributed by atoms with Crippen LogP contribution in [0.4, 0.5) is 0 Å². The lowest BCUT2D eigenvalue weighted by molar-refractivity contribution is 0.324. The lowest BCUT2D eigenvalue weighted by Crippen LogP contribution is -1.95. The molecule has 0 amide bonds. The molecule has 0 aromatic heterocycles. The maximum atomic E-state index is 5.21. The number of rotatable bonds is 4. The zero-order valence-electron chi connectivity index (χ0n) is 9.46. The summed E-state index contributed by atoms with van der Waals surface area (Å²) < 4.78 is 15.6. The Bertz CT molecular complexity index is 331. The second-order valence-electron chi connectivity index (χ2n) is 2.85. The highest BCUT2D eigenvalue weighted by Gasteiger charge is 2.11. The van der Waals surface area contributed by atoms with Gasteiger partial charge in [-0.3, -0.25) is 0 Å². The van der Waals surface area contributed by atoms with E-state index in [9.17, 15) is 0 Å². The molecule has 0 spiro atoms. The van der Waals surface area contributed by atoms with Gasteiger partial charge in [0, 0.05) is 0 Å². The average Bonchev–Trinajstić information content (AvgIpc) is 2.28. The molecule has 0 bridgehead atoms. The molecule has 1 rings (SSSR count). The Labute approximate surface area is 90.3 Å². The Kier molecular flexibility index (Phi) is 4.03. The molecule has 0 heterocycles. The Morgan fingerprint density at radius 3 is 1.87 bits per heavy atom. The molecule has 0 aliphatic heterocycles. The highest BCUT2D eigenvalue weighted by atomic mass is 16.5. The van der Waals surface area contributed by atoms with E-state index in [2.05, 4.69) is 6.08 Å². The van der Waals surface area contributed by atoms with E-state index in [0.29, 0.717) is 17.2 Å². The van der Waals surface area contributed by atoms with Gasteiger partial charge in [-0.2, -0.15) is 0 Å². The van der Waals surface area contributed by atoms with Crippen LogP contribution >= 0.6 is 0 Å². The Morgan fingerprint density at radius 1 is 1.00 bits per heavy atom. The lowest BCUT2D eigenvalue weighted by atomic mass is 10.1. The first-order valence-corrected chi connectivity index (χ1v) is 4.61. The van der Waals surface area contributed by atoms with E-state index < -0.39 is 0 Å². The third-order valence-electron chi connectivity index (χ3n) is 1.98. The second kappa shape index (κ2) is 5.29. The molecule has 0 N–H and O–H groups in total. The molecule has 3 nitrogen and oxygen atoms in total. The van der Waals surface area contributed by atoms with Crippen LogP contribution in [0.15, 0.2) is 18.2 Å². The van der Waals surface area contributed by atoms with Gasteiger partial charge in [0.1, 0.15) is 0 Å². The van der Waals surface area contributed by atoms with Crippen molar-refractivity contribution in [1.29, 1.82) is 0 Å². The van der Waals surface area contributed by atoms with Crippen LogP contribution in [-0.4, -0.2) is 21.3 Å². The molecule has 0 saturated heterocycles. The van der Waals surface area contributed by atoms with E-state index >= 15 is 0 Å². The molecule has 15 heavy (non-hydrogen) atoms. The summed E-state index contributed by atoms with van der Waals surface area (Å²) in [6.45, 7) is 1.91. The normalized spacial score (nSPS) is 10.4. The number of ether oxygens (including phenoxy) is 3. The van der Waals surface area contributed by atoms with Crippen molar-refractivity contribution in [2.45, 2.75) is 6.92 Å². The van der Waals surface area contributed by atoms with Crippen LogP contribution in [0, 0.1) is 6.08 Å². The van der Waals surface area contributed by atoms with Gasteiger partial charge >= 0.3 is 0 Å². The summed E-state index contributed by atoms with van der Waals surface area (Å²) in [7, 11) is 4.77. The van der Waals surface area contributed by atoms with E-state index in [0.717, 1.165) is 5.56 Å². The summed E-state index contributed by atoms with van der Waals surface area (Å²) in [5.74, 6) is 1.88. The standard InChI is InChI=1S/C12H15O3/c1-5-6-9-7-10(13-2)12(15-4)11(8-9)14-3/h5,7-8H,1-4H3. The van der Waals surface area contributed by atoms with Gasteiger partial charge in [0.15, 0.2) is 11.5 Å². The van der Waals surface area contributed by atoms with E-state index in [1.54, 1.807) is 21.3 Å². The van der Waals surface area contributed by atoms with Gasteiger partial charge in [0.25, 0.3) is 0 Å². The minimum Gasteiger partial charge on any atom is -0.493 e. The highest BCUT2D eigenvalue weighted by Crippen LogP contribution is 2.38. The Hall–Kier alpha value is -1.64. The molecule has 0 aliphatic rings. The van der Waals surface area contributed by atoms with Crippen molar-refractivity contribution in [2.24, 2.45) is 0 Å². The third-order valence-corrected chi connectivity index (χ3v) is 1.98. The van der Waals surface area contributed by atoms with E-state index in [1.807, 2.05) is 25.1 Å². The van der Waals surface area contributed by atoms with Crippen LogP contribution in [0.2, 0.25) is 0 Å². The quantitative estimate of drug-likeness (QED) is 0.759. The zero-order valence-corrected chi connectivity index (χ0v) is 9.46. The van der Waals surface area contributed by atoms with Gasteiger partial charge in [-0.25, -0.2) is 0 Å². The molecule has 3 heteroatoms. The number of hydrogen-bond donors (Lipinski definition) is 0. The molecular weight excluding hydrogens is 192 g/mol. The summed E-state index contributed by atoms with van der Waals surface area (Å²) in [5, 5.41) is 0. The van der Waals surface area contributed by atoms with E-state index in [-0.39, 0.29) is 0 Å². The predicted octanol–water partition coefficient (Wildman–Crippen LogP) is 2.44. The van der Waals surface area contributed by atoms with E-state index in [4.69, 9.17) is 14.2 Å². The van der Waals surface area contributed by atoms with Crippen LogP contribution in [0.1, 0.15) is 12.5 Å². The fourth-order valence-corrected chi connectivity index (χ4v) is 1.33. The van der Waals surface area contributed by atoms with Crippen LogP contribution in [0.3, 0.4) is 0 Å². The molecule has 0 unspecified atom stereocenters. The van der Waals surface area contributed by atoms with Crippen molar-refractivity contribution in [3.05, 3.63) is 29.8 Å². The van der Waals surface area contributed by atoms with Gasteiger partial charge in [-0.1, -0.05) is 6.08 Å². The molecule has 81 valence electrons. The molecule has 0 saturated carbocycles. The smallest absolute Gasteiger partial charge is 0.203 e. The van der Waals surface area contributed by atoms with Crippen molar-refractivity contribution in [2.75, 3.05) is 21.3 Å². The SMILES string of the molecule is C/C=[C]/c1cc(OC)c(OC)c(OC)c1. The first-order chi connectivity index (χ1) is 7.26. The second-order valence-corrected chi connectivity index (χ2v) is 2.85. The summed E-state index contributed by atoms with van der Waals surface area (Å²) in [6, 6.07) is 3.70. The van der Waals surface area contributed by atoms with Crippen molar-refractivity contribution in [3.8, 4) is 17.2 Å². The monoisotopic (exact) mass is 207 g/mol. The minimum absolute atomic E-state index is 0.599. The maximum Gasteiger partial charge on any atom is 0.203 e. The Balaban J connectivity index is 3.28. The molecule has 0 aliphatic carbocycles. The summed E-state index contributed by atoms with van der Waals surface area (Å²) in [6.07, 6.45) is 4.90. The summed E-state index contributed by atoms with van der Waals surface area (Å²) >= 11 is 0. The van der Waals surface area contributed by atoms with Gasteiger partial charge in [0.05, 0.1) is 21.3 Å². The zero-order chi connectivity index (χ0) is 11.3. The first kappa shape index (κ1) is 11.4. The number of hydrogen-bond acceptors (Lipinski definition) is 3. The van der Waals surface area contributed by atoms with Crippen LogP contribution in [-0.2, 0) is 0 Å². The Morgan fingerprint density at radius 2 is 1.53 bits per heavy atom. The predicted molar refractivity (Wildman–Crippen MR) is 58.7 cm³/mol. The van der Waals surface area contributed by atoms with Crippen molar-refractivity contribution in [3.63, 3.8) is 0 Å². The lowest BCUT2D eigenvalue weighted by Gasteiger charge is -2.12. The first-order valence-electron chi connectivity index (χ1n) is 4.61. The molecule has 1 aromatic rings. The largest absolute Gasteiger partial charge is 0.493 e. The number of allylic oxidation sites excluding steroid dienone is 1. The van der Waals surface area contributed by atoms with Gasteiger partial charge in [0.2, 0.25) is 5.75 Å². The third kappa shape index (κ3) is 2.43. The number of benzene rings is 1. The molecular formula is C12H15O3. The van der Waals surface area contributed by atoms with Crippen molar-refractivity contribution in [1.82, 2.24) is 0 Å². The molecule has 1 radical (unpaired) electrons. The van der Waals surface area contributed by atoms with Crippen LogP contribution in [0.25, 0.3) is 0 Å². The van der Waals surface area contributed by atoms with Crippen molar-refractivity contribution < 1.29 is 14.2 Å². The molecule has 0 atom stereocenters. The fourth-order valence-electron chi connectivity index (χ4n) is 1.33. The van der Waals surface area contributed by atoms with Crippen LogP contribution in [0.5, 0.6) is 17.2 Å². The number of methoxy groups -OCH3 is 3. The average molecular weight is 207 g/mol. The summed E-state index contributed by atoms with van der Waals surface area (Å²) in [4.78, 5) is 0. The van der Waals surface area contributed by atoms with Gasteiger partial charge in [-0.15, -0.1) is 0 Å². The van der Waals surface area contributed by atoms with Crippen molar-refractivity contribution >= 4 is 0 Å². The van der Waals surface area contributed by atoms with Crippen LogP contribution < -0.4 is 14.2 Å². The topological polar surface area (TPSA) is 27.7 Å². The summed E-state index contributed by atoms with van der Waals surface area (Å²) in [5.41, 5.74) is 0.895. The highest BCUT2D eigenvalue weighted by molar-refractivity contribution is 5.54. The molecule has 1 aromatic carbocycles. The van der Waals surface area contributed by atoms with Gasteiger partial charge < -0.3 is 14.2 Å². The minimum atomic E-state index is 0.599. The fraction of sp³-hybridized carbons (Fsp3) is 0.333.